The second-order valence-electron chi connectivity index (χ2n) is 10.4. The number of sulfonamides is 1. The zero-order chi connectivity index (χ0) is 29.0. The van der Waals surface area contributed by atoms with E-state index in [1.165, 1.54) is 29.2 Å². The number of carbonyl (C=O) groups is 2. The van der Waals surface area contributed by atoms with Crippen molar-refractivity contribution >= 4 is 43.5 Å². The van der Waals surface area contributed by atoms with Crippen LogP contribution in [0.5, 0.6) is 0 Å². The molecule has 2 amide bonds. The van der Waals surface area contributed by atoms with Gasteiger partial charge in [-0.25, -0.2) is 12.8 Å². The van der Waals surface area contributed by atoms with Gasteiger partial charge < -0.3 is 10.2 Å². The third-order valence-corrected chi connectivity index (χ3v) is 8.19. The van der Waals surface area contributed by atoms with Gasteiger partial charge in [-0.2, -0.15) is 0 Å². The topological polar surface area (TPSA) is 86.8 Å². The van der Waals surface area contributed by atoms with Crippen molar-refractivity contribution in [3.63, 3.8) is 0 Å². The Bertz CT molecular complexity index is 1420. The predicted molar refractivity (Wildman–Crippen MR) is 154 cm³/mol. The normalized spacial score (nSPS) is 12.5. The molecule has 0 aliphatic rings. The molecule has 39 heavy (non-hydrogen) atoms. The maximum atomic E-state index is 13.9. The SMILES string of the molecule is Cc1ccc(S(=O)(=O)N(CC(=O)N(Cc2cccc(Br)c2)[C@@H](C)C(=O)NC(C)(C)C)c2ccc(F)cc2)cc1. The summed E-state index contributed by atoms with van der Waals surface area (Å²) in [6, 6.07) is 17.5. The number of halogens is 2. The number of hydrogen-bond donors (Lipinski definition) is 1. The third kappa shape index (κ3) is 8.12. The molecule has 208 valence electrons. The van der Waals surface area contributed by atoms with Crippen LogP contribution in [0.3, 0.4) is 0 Å². The number of carbonyl (C=O) groups excluding carboxylic acids is 2. The quantitative estimate of drug-likeness (QED) is 0.347. The highest BCUT2D eigenvalue weighted by Gasteiger charge is 2.33. The van der Waals surface area contributed by atoms with Gasteiger partial charge in [0.25, 0.3) is 10.0 Å². The van der Waals surface area contributed by atoms with Gasteiger partial charge in [-0.15, -0.1) is 0 Å². The van der Waals surface area contributed by atoms with Crippen LogP contribution in [0.25, 0.3) is 0 Å². The Morgan fingerprint density at radius 1 is 1.00 bits per heavy atom. The number of hydrogen-bond acceptors (Lipinski definition) is 4. The average molecular weight is 619 g/mol. The number of anilines is 1. The van der Waals surface area contributed by atoms with Crippen LogP contribution in [0, 0.1) is 12.7 Å². The van der Waals surface area contributed by atoms with E-state index in [-0.39, 0.29) is 23.0 Å². The molecule has 3 aromatic carbocycles. The summed E-state index contributed by atoms with van der Waals surface area (Å²) in [7, 11) is -4.21. The maximum absolute atomic E-state index is 13.9. The van der Waals surface area contributed by atoms with Gasteiger partial charge in [0.05, 0.1) is 10.6 Å². The summed E-state index contributed by atoms with van der Waals surface area (Å²) in [6.45, 7) is 8.42. The van der Waals surface area contributed by atoms with Crippen LogP contribution < -0.4 is 9.62 Å². The van der Waals surface area contributed by atoms with E-state index >= 15 is 0 Å². The van der Waals surface area contributed by atoms with E-state index in [1.54, 1.807) is 19.1 Å². The minimum absolute atomic E-state index is 0.0118. The minimum Gasteiger partial charge on any atom is -0.350 e. The summed E-state index contributed by atoms with van der Waals surface area (Å²) in [5.74, 6) is -1.51. The van der Waals surface area contributed by atoms with Gasteiger partial charge in [0, 0.05) is 16.6 Å². The van der Waals surface area contributed by atoms with Crippen molar-refractivity contribution in [1.82, 2.24) is 10.2 Å². The van der Waals surface area contributed by atoms with Crippen molar-refractivity contribution in [2.75, 3.05) is 10.8 Å². The fourth-order valence-corrected chi connectivity index (χ4v) is 5.72. The first-order valence-corrected chi connectivity index (χ1v) is 14.6. The number of nitrogens with one attached hydrogen (secondary N) is 1. The molecule has 3 rings (SSSR count). The summed E-state index contributed by atoms with van der Waals surface area (Å²) < 4.78 is 43.0. The van der Waals surface area contributed by atoms with E-state index in [4.69, 9.17) is 0 Å². The molecule has 0 aromatic heterocycles. The number of benzene rings is 3. The lowest BCUT2D eigenvalue weighted by Gasteiger charge is -2.33. The highest BCUT2D eigenvalue weighted by Crippen LogP contribution is 2.25. The van der Waals surface area contributed by atoms with Crippen LogP contribution >= 0.6 is 15.9 Å². The maximum Gasteiger partial charge on any atom is 0.264 e. The van der Waals surface area contributed by atoms with Crippen molar-refractivity contribution in [2.24, 2.45) is 0 Å². The van der Waals surface area contributed by atoms with Crippen LogP contribution in [0.15, 0.2) is 82.2 Å². The lowest BCUT2D eigenvalue weighted by molar-refractivity contribution is -0.140. The van der Waals surface area contributed by atoms with Crippen molar-refractivity contribution < 1.29 is 22.4 Å². The van der Waals surface area contributed by atoms with Gasteiger partial charge in [0.2, 0.25) is 11.8 Å². The van der Waals surface area contributed by atoms with Crippen molar-refractivity contribution in [2.45, 2.75) is 57.6 Å². The highest BCUT2D eigenvalue weighted by atomic mass is 79.9. The van der Waals surface area contributed by atoms with Crippen LogP contribution in [-0.2, 0) is 26.2 Å². The highest BCUT2D eigenvalue weighted by molar-refractivity contribution is 9.10. The molecule has 3 aromatic rings. The molecule has 0 aliphatic heterocycles. The molecule has 10 heteroatoms. The minimum atomic E-state index is -4.21. The lowest BCUT2D eigenvalue weighted by atomic mass is 10.1. The molecule has 0 heterocycles. The first-order valence-electron chi connectivity index (χ1n) is 12.4. The molecular weight excluding hydrogens is 585 g/mol. The molecular formula is C29H33BrFN3O4S. The Morgan fingerprint density at radius 3 is 2.18 bits per heavy atom. The average Bonchev–Trinajstić information content (AvgIpc) is 2.85. The zero-order valence-corrected chi connectivity index (χ0v) is 25.0. The number of aryl methyl sites for hydroxylation is 1. The van der Waals surface area contributed by atoms with E-state index in [0.29, 0.717) is 0 Å². The summed E-state index contributed by atoms with van der Waals surface area (Å²) in [4.78, 5) is 28.3. The first-order chi connectivity index (χ1) is 18.2. The van der Waals surface area contributed by atoms with Crippen molar-refractivity contribution in [1.29, 1.82) is 0 Å². The molecule has 0 unspecified atom stereocenters. The Hall–Kier alpha value is -3.24. The van der Waals surface area contributed by atoms with Gasteiger partial charge in [0.1, 0.15) is 18.4 Å². The Morgan fingerprint density at radius 2 is 1.62 bits per heavy atom. The van der Waals surface area contributed by atoms with Crippen LogP contribution in [-0.4, -0.2) is 43.3 Å². The van der Waals surface area contributed by atoms with Crippen LogP contribution in [0.2, 0.25) is 0 Å². The van der Waals surface area contributed by atoms with Gasteiger partial charge >= 0.3 is 0 Å². The summed E-state index contributed by atoms with van der Waals surface area (Å²) in [6.07, 6.45) is 0. The molecule has 0 radical (unpaired) electrons. The number of nitrogens with zero attached hydrogens (tertiary/aromatic N) is 2. The summed E-state index contributed by atoms with van der Waals surface area (Å²) >= 11 is 3.43. The monoisotopic (exact) mass is 617 g/mol. The van der Waals surface area contributed by atoms with E-state index in [9.17, 15) is 22.4 Å². The predicted octanol–water partition coefficient (Wildman–Crippen LogP) is 5.42. The first kappa shape index (κ1) is 30.3. The second kappa shape index (κ2) is 12.3. The largest absolute Gasteiger partial charge is 0.350 e. The van der Waals surface area contributed by atoms with Crippen molar-refractivity contribution in [3.8, 4) is 0 Å². The molecule has 0 fully saturated rings. The van der Waals surface area contributed by atoms with Gasteiger partial charge in [-0.3, -0.25) is 13.9 Å². The zero-order valence-electron chi connectivity index (χ0n) is 22.6. The summed E-state index contributed by atoms with van der Waals surface area (Å²) in [5, 5.41) is 2.89. The Kier molecular flexibility index (Phi) is 9.55. The van der Waals surface area contributed by atoms with Crippen LogP contribution in [0.4, 0.5) is 10.1 Å². The van der Waals surface area contributed by atoms with Crippen LogP contribution in [0.1, 0.15) is 38.8 Å². The smallest absolute Gasteiger partial charge is 0.264 e. The molecule has 1 N–H and O–H groups in total. The fraction of sp³-hybridized carbons (Fsp3) is 0.310. The second-order valence-corrected chi connectivity index (χ2v) is 13.1. The van der Waals surface area contributed by atoms with Crippen molar-refractivity contribution in [3.05, 3.63) is 94.2 Å². The van der Waals surface area contributed by atoms with Gasteiger partial charge in [-0.1, -0.05) is 45.8 Å². The Balaban J connectivity index is 2.03. The van der Waals surface area contributed by atoms with E-state index in [0.717, 1.165) is 32.0 Å². The summed E-state index contributed by atoms with van der Waals surface area (Å²) in [5.41, 5.74) is 1.21. The van der Waals surface area contributed by atoms with E-state index < -0.39 is 39.9 Å². The molecule has 0 bridgehead atoms. The third-order valence-electron chi connectivity index (χ3n) is 5.91. The van der Waals surface area contributed by atoms with E-state index in [2.05, 4.69) is 21.2 Å². The molecule has 0 spiro atoms. The van der Waals surface area contributed by atoms with Gasteiger partial charge in [-0.05, 0) is 88.7 Å². The standard InChI is InChI=1S/C29H33BrFN3O4S/c1-20-9-15-26(16-10-20)39(37,38)34(25-13-11-24(31)12-14-25)19-27(35)33(18-22-7-6-8-23(30)17-22)21(2)28(36)32-29(3,4)5/h6-17,21H,18-19H2,1-5H3,(H,32,36)/t21-/m0/s1. The van der Waals surface area contributed by atoms with Gasteiger partial charge in [0.15, 0.2) is 0 Å². The fourth-order valence-electron chi connectivity index (χ4n) is 3.86. The van der Waals surface area contributed by atoms with E-state index in [1.807, 2.05) is 52.0 Å². The molecule has 0 saturated heterocycles. The molecule has 0 aliphatic carbocycles. The molecule has 0 saturated carbocycles. The lowest BCUT2D eigenvalue weighted by Crippen LogP contribution is -2.54. The molecule has 1 atom stereocenters. The Labute approximate surface area is 238 Å². The number of amides is 2. The number of rotatable bonds is 9. The molecule has 7 nitrogen and oxygen atoms in total.